The summed E-state index contributed by atoms with van der Waals surface area (Å²) in [5.74, 6) is -0.594. The van der Waals surface area contributed by atoms with Crippen LogP contribution in [0.15, 0.2) is 18.2 Å². The first-order valence-corrected chi connectivity index (χ1v) is 3.16. The molecule has 0 spiro atoms. The summed E-state index contributed by atoms with van der Waals surface area (Å²) in [7, 11) is 1.29. The number of anilines is 1. The van der Waals surface area contributed by atoms with Crippen LogP contribution in [0.25, 0.3) is 0 Å². The van der Waals surface area contributed by atoms with E-state index in [9.17, 15) is 4.39 Å². The normalized spacial score (nSPS) is 9.67. The minimum atomic E-state index is -0.553. The van der Waals surface area contributed by atoms with Gasteiger partial charge in [-0.05, 0) is 12.1 Å². The second-order valence-corrected chi connectivity index (χ2v) is 2.11. The number of hydrogen-bond donors (Lipinski definition) is 2. The van der Waals surface area contributed by atoms with Crippen LogP contribution < -0.4 is 9.96 Å². The Hall–Kier alpha value is -1.33. The quantitative estimate of drug-likeness (QED) is 0.664. The van der Waals surface area contributed by atoms with E-state index in [1.54, 1.807) is 0 Å². The van der Waals surface area contributed by atoms with E-state index in [1.807, 2.05) is 0 Å². The van der Waals surface area contributed by atoms with E-state index in [0.29, 0.717) is 0 Å². The Balaban J connectivity index is 3.05. The summed E-state index contributed by atoms with van der Waals surface area (Å²) in [6.07, 6.45) is 0. The van der Waals surface area contributed by atoms with Crippen molar-refractivity contribution in [2.45, 2.75) is 0 Å². The topological polar surface area (TPSA) is 52.9 Å². The van der Waals surface area contributed by atoms with Crippen molar-refractivity contribution in [2.75, 3.05) is 12.3 Å². The zero-order valence-corrected chi connectivity index (χ0v) is 6.36. The molecule has 5 heteroatoms. The molecule has 2 N–H and O–H groups in total. The van der Waals surface area contributed by atoms with Crippen molar-refractivity contribution in [3.63, 3.8) is 0 Å². The molecule has 0 aromatic heterocycles. The molecular formula is C7H8FNO3. The Morgan fingerprint density at radius 2 is 2.08 bits per heavy atom. The molecule has 0 unspecified atom stereocenters. The van der Waals surface area contributed by atoms with Crippen LogP contribution >= 0.6 is 0 Å². The lowest BCUT2D eigenvalue weighted by Gasteiger charge is -2.09. The molecule has 0 saturated heterocycles. The predicted molar refractivity (Wildman–Crippen MR) is 39.0 cm³/mol. The van der Waals surface area contributed by atoms with E-state index < -0.39 is 5.82 Å². The van der Waals surface area contributed by atoms with Gasteiger partial charge in [0.2, 0.25) is 0 Å². The Morgan fingerprint density at radius 1 is 1.42 bits per heavy atom. The average molecular weight is 173 g/mol. The van der Waals surface area contributed by atoms with Gasteiger partial charge in [0.15, 0.2) is 11.6 Å². The number of halogens is 1. The first kappa shape index (κ1) is 8.76. The van der Waals surface area contributed by atoms with Crippen LogP contribution in [0.2, 0.25) is 0 Å². The van der Waals surface area contributed by atoms with Gasteiger partial charge in [-0.1, -0.05) is 0 Å². The second kappa shape index (κ2) is 3.38. The third kappa shape index (κ3) is 1.63. The van der Waals surface area contributed by atoms with E-state index in [4.69, 9.17) is 10.4 Å². The Bertz CT molecular complexity index is 277. The van der Waals surface area contributed by atoms with Crippen LogP contribution in [0.1, 0.15) is 0 Å². The van der Waals surface area contributed by atoms with Gasteiger partial charge in [-0.3, -0.25) is 10.4 Å². The van der Waals surface area contributed by atoms with Crippen molar-refractivity contribution >= 4 is 5.69 Å². The number of methoxy groups -OCH3 is 1. The molecule has 0 bridgehead atoms. The zero-order valence-electron chi connectivity index (χ0n) is 6.36. The lowest BCUT2D eigenvalue weighted by molar-refractivity contribution is 0.0290. The summed E-state index contributed by atoms with van der Waals surface area (Å²) in [6.45, 7) is 0. The van der Waals surface area contributed by atoms with Crippen LogP contribution in [0, 0.1) is 5.82 Å². The van der Waals surface area contributed by atoms with Crippen molar-refractivity contribution in [3.05, 3.63) is 24.0 Å². The molecule has 0 radical (unpaired) electrons. The monoisotopic (exact) mass is 173 g/mol. The molecule has 0 atom stereocenters. The number of nitrogens with zero attached hydrogens (tertiary/aromatic N) is 1. The molecule has 0 aliphatic rings. The van der Waals surface area contributed by atoms with Crippen LogP contribution in [-0.2, 0) is 0 Å². The molecule has 12 heavy (non-hydrogen) atoms. The van der Waals surface area contributed by atoms with Gasteiger partial charge in [0.1, 0.15) is 0 Å². The number of rotatable bonds is 2. The SMILES string of the molecule is COc1cc(N(O)O)ccc1F. The summed E-state index contributed by atoms with van der Waals surface area (Å²) in [5.41, 5.74) is 0.0354. The average Bonchev–Trinajstić information content (AvgIpc) is 2.05. The molecule has 0 saturated carbocycles. The summed E-state index contributed by atoms with van der Waals surface area (Å²) < 4.78 is 17.3. The van der Waals surface area contributed by atoms with Gasteiger partial charge in [0.05, 0.1) is 12.8 Å². The number of ether oxygens (including phenoxy) is 1. The highest BCUT2D eigenvalue weighted by Crippen LogP contribution is 2.22. The summed E-state index contributed by atoms with van der Waals surface area (Å²) in [5, 5.41) is 17.0. The first-order valence-electron chi connectivity index (χ1n) is 3.16. The standard InChI is InChI=1S/C7H8FNO3/c1-12-7-4-5(9(10)11)2-3-6(7)8/h2-4,10-11H,1H3. The maximum Gasteiger partial charge on any atom is 0.165 e. The van der Waals surface area contributed by atoms with E-state index >= 15 is 0 Å². The molecule has 0 aliphatic carbocycles. The van der Waals surface area contributed by atoms with Gasteiger partial charge in [0.25, 0.3) is 0 Å². The van der Waals surface area contributed by atoms with Crippen LogP contribution in [0.3, 0.4) is 0 Å². The third-order valence-corrected chi connectivity index (χ3v) is 1.37. The third-order valence-electron chi connectivity index (χ3n) is 1.37. The molecule has 66 valence electrons. The van der Waals surface area contributed by atoms with Gasteiger partial charge in [-0.25, -0.2) is 4.39 Å². The summed E-state index contributed by atoms with van der Waals surface area (Å²) in [4.78, 5) is 0. The lowest BCUT2D eigenvalue weighted by Crippen LogP contribution is -2.10. The van der Waals surface area contributed by atoms with Gasteiger partial charge >= 0.3 is 0 Å². The van der Waals surface area contributed by atoms with Crippen LogP contribution in [0.4, 0.5) is 10.1 Å². The minimum absolute atomic E-state index is 0.0354. The van der Waals surface area contributed by atoms with Gasteiger partial charge in [-0.2, -0.15) is 0 Å². The maximum absolute atomic E-state index is 12.7. The number of hydrogen-bond acceptors (Lipinski definition) is 4. The van der Waals surface area contributed by atoms with Gasteiger partial charge in [0, 0.05) is 6.07 Å². The van der Waals surface area contributed by atoms with Crippen molar-refractivity contribution in [1.29, 1.82) is 0 Å². The fourth-order valence-corrected chi connectivity index (χ4v) is 0.773. The fraction of sp³-hybridized carbons (Fsp3) is 0.143. The lowest BCUT2D eigenvalue weighted by atomic mass is 10.3. The van der Waals surface area contributed by atoms with Crippen LogP contribution in [0.5, 0.6) is 5.75 Å². The summed E-state index contributed by atoms with van der Waals surface area (Å²) >= 11 is 0. The Kier molecular flexibility index (Phi) is 2.47. The van der Waals surface area contributed by atoms with Crippen molar-refractivity contribution < 1.29 is 19.5 Å². The molecule has 0 fully saturated rings. The van der Waals surface area contributed by atoms with Crippen LogP contribution in [-0.4, -0.2) is 17.5 Å². The molecule has 0 amide bonds. The molecule has 0 aliphatic heterocycles. The van der Waals surface area contributed by atoms with E-state index in [1.165, 1.54) is 13.2 Å². The number of benzene rings is 1. The van der Waals surface area contributed by atoms with Crippen molar-refractivity contribution in [3.8, 4) is 5.75 Å². The largest absolute Gasteiger partial charge is 0.494 e. The van der Waals surface area contributed by atoms with Crippen molar-refractivity contribution in [2.24, 2.45) is 0 Å². The molecule has 0 heterocycles. The van der Waals surface area contributed by atoms with Crippen molar-refractivity contribution in [1.82, 2.24) is 0 Å². The summed E-state index contributed by atoms with van der Waals surface area (Å²) in [6, 6.07) is 3.45. The molecule has 1 aromatic carbocycles. The Morgan fingerprint density at radius 3 is 2.58 bits per heavy atom. The van der Waals surface area contributed by atoms with Gasteiger partial charge < -0.3 is 4.74 Å². The highest BCUT2D eigenvalue weighted by molar-refractivity contribution is 5.47. The fourth-order valence-electron chi connectivity index (χ4n) is 0.773. The van der Waals surface area contributed by atoms with Gasteiger partial charge in [-0.15, -0.1) is 5.23 Å². The highest BCUT2D eigenvalue weighted by atomic mass is 19.1. The Labute approximate surface area is 68.3 Å². The van der Waals surface area contributed by atoms with E-state index in [-0.39, 0.29) is 16.7 Å². The zero-order chi connectivity index (χ0) is 9.14. The minimum Gasteiger partial charge on any atom is -0.494 e. The highest BCUT2D eigenvalue weighted by Gasteiger charge is 2.05. The maximum atomic E-state index is 12.7. The molecular weight excluding hydrogens is 165 g/mol. The molecule has 1 aromatic rings. The molecule has 1 rings (SSSR count). The predicted octanol–water partition coefficient (Wildman–Crippen LogP) is 1.42. The smallest absolute Gasteiger partial charge is 0.165 e. The van der Waals surface area contributed by atoms with E-state index in [2.05, 4.69) is 4.74 Å². The second-order valence-electron chi connectivity index (χ2n) is 2.11. The molecule has 4 nitrogen and oxygen atoms in total. The van der Waals surface area contributed by atoms with E-state index in [0.717, 1.165) is 12.1 Å². The first-order chi connectivity index (χ1) is 5.65.